The van der Waals surface area contributed by atoms with Crippen LogP contribution in [0.25, 0.3) is 0 Å². The highest BCUT2D eigenvalue weighted by Crippen LogP contribution is 2.17. The maximum atomic E-state index is 10.8. The molecule has 94 valence electrons. The van der Waals surface area contributed by atoms with Gasteiger partial charge in [0.25, 0.3) is 0 Å². The van der Waals surface area contributed by atoms with Gasteiger partial charge >= 0.3 is 0 Å². The van der Waals surface area contributed by atoms with Crippen molar-refractivity contribution in [3.05, 3.63) is 0 Å². The van der Waals surface area contributed by atoms with E-state index in [1.165, 1.54) is 19.5 Å². The average Bonchev–Trinajstić information content (AvgIpc) is 2.66. The van der Waals surface area contributed by atoms with Gasteiger partial charge in [-0.2, -0.15) is 0 Å². The van der Waals surface area contributed by atoms with Gasteiger partial charge in [-0.25, -0.2) is 0 Å². The molecular weight excluding hydrogens is 202 g/mol. The number of carbonyl (C=O) groups is 1. The van der Waals surface area contributed by atoms with Crippen LogP contribution in [0.5, 0.6) is 0 Å². The summed E-state index contributed by atoms with van der Waals surface area (Å²) in [6.45, 7) is 10.4. The average molecular weight is 227 g/mol. The van der Waals surface area contributed by atoms with E-state index in [9.17, 15) is 4.79 Å². The zero-order valence-corrected chi connectivity index (χ0v) is 10.7. The Kier molecular flexibility index (Phi) is 5.22. The molecule has 16 heavy (non-hydrogen) atoms. The first-order chi connectivity index (χ1) is 7.50. The van der Waals surface area contributed by atoms with Gasteiger partial charge in [-0.15, -0.1) is 0 Å². The van der Waals surface area contributed by atoms with E-state index in [-0.39, 0.29) is 11.8 Å². The fraction of sp³-hybridized carbons (Fsp3) is 0.917. The Bertz CT molecular complexity index is 230. The van der Waals surface area contributed by atoms with Gasteiger partial charge in [0.15, 0.2) is 0 Å². The molecule has 0 spiro atoms. The van der Waals surface area contributed by atoms with E-state index in [0.29, 0.717) is 12.6 Å². The molecule has 0 bridgehead atoms. The second kappa shape index (κ2) is 6.21. The lowest BCUT2D eigenvalue weighted by Gasteiger charge is -2.20. The van der Waals surface area contributed by atoms with Crippen LogP contribution in [0.2, 0.25) is 0 Å². The lowest BCUT2D eigenvalue weighted by atomic mass is 10.1. The predicted octanol–water partition coefficient (Wildman–Crippen LogP) is 0.428. The highest BCUT2D eigenvalue weighted by atomic mass is 16.1. The Balaban J connectivity index is 2.13. The van der Waals surface area contributed by atoms with Gasteiger partial charge < -0.3 is 16.0 Å². The van der Waals surface area contributed by atoms with Gasteiger partial charge in [0, 0.05) is 25.0 Å². The van der Waals surface area contributed by atoms with Crippen LogP contribution in [0.1, 0.15) is 27.2 Å². The molecule has 2 atom stereocenters. The molecule has 0 aromatic rings. The first-order valence-electron chi connectivity index (χ1n) is 6.24. The number of hydrogen-bond acceptors (Lipinski definition) is 3. The van der Waals surface area contributed by atoms with Crippen molar-refractivity contribution in [3.63, 3.8) is 0 Å². The Hall–Kier alpha value is -0.610. The first-order valence-corrected chi connectivity index (χ1v) is 6.24. The van der Waals surface area contributed by atoms with Crippen molar-refractivity contribution >= 4 is 5.91 Å². The molecule has 1 rings (SSSR count). The number of amides is 1. The van der Waals surface area contributed by atoms with E-state index >= 15 is 0 Å². The van der Waals surface area contributed by atoms with Crippen molar-refractivity contribution in [1.29, 1.82) is 0 Å². The molecule has 1 heterocycles. The highest BCUT2D eigenvalue weighted by Gasteiger charge is 2.23. The molecule has 4 heteroatoms. The summed E-state index contributed by atoms with van der Waals surface area (Å²) in [6.07, 6.45) is 1.26. The molecule has 1 fully saturated rings. The van der Waals surface area contributed by atoms with E-state index in [1.807, 2.05) is 6.92 Å². The lowest BCUT2D eigenvalue weighted by Crippen LogP contribution is -2.35. The second-order valence-corrected chi connectivity index (χ2v) is 5.21. The molecule has 1 amide bonds. The van der Waals surface area contributed by atoms with E-state index in [2.05, 4.69) is 24.1 Å². The van der Waals surface area contributed by atoms with Gasteiger partial charge in [-0.3, -0.25) is 4.79 Å². The molecule has 0 saturated carbocycles. The minimum atomic E-state index is -0.220. The zero-order chi connectivity index (χ0) is 12.1. The van der Waals surface area contributed by atoms with Gasteiger partial charge in [0.1, 0.15) is 0 Å². The minimum Gasteiger partial charge on any atom is -0.369 e. The number of nitrogens with two attached hydrogens (primary N) is 1. The Morgan fingerprint density at radius 1 is 1.50 bits per heavy atom. The fourth-order valence-electron chi connectivity index (χ4n) is 2.10. The van der Waals surface area contributed by atoms with Crippen LogP contribution in [0.15, 0.2) is 0 Å². The molecule has 3 N–H and O–H groups in total. The smallest absolute Gasteiger partial charge is 0.221 e. The third-order valence-corrected chi connectivity index (χ3v) is 3.42. The van der Waals surface area contributed by atoms with Crippen molar-refractivity contribution in [2.45, 2.75) is 33.2 Å². The topological polar surface area (TPSA) is 58.4 Å². The van der Waals surface area contributed by atoms with Crippen molar-refractivity contribution in [2.24, 2.45) is 17.6 Å². The van der Waals surface area contributed by atoms with Crippen LogP contribution >= 0.6 is 0 Å². The molecule has 1 aliphatic rings. The van der Waals surface area contributed by atoms with Crippen molar-refractivity contribution in [3.8, 4) is 0 Å². The molecule has 0 aromatic heterocycles. The molecule has 2 unspecified atom stereocenters. The highest BCUT2D eigenvalue weighted by molar-refractivity contribution is 5.76. The lowest BCUT2D eigenvalue weighted by molar-refractivity contribution is -0.121. The standard InChI is InChI=1S/C12H25N3O/c1-9(2)15-5-4-11(8-15)7-14-6-10(3)12(13)16/h9-11,14H,4-8H2,1-3H3,(H2,13,16). The third-order valence-electron chi connectivity index (χ3n) is 3.42. The van der Waals surface area contributed by atoms with Crippen LogP contribution in [0.4, 0.5) is 0 Å². The van der Waals surface area contributed by atoms with E-state index in [0.717, 1.165) is 12.5 Å². The monoisotopic (exact) mass is 227 g/mol. The number of hydrogen-bond donors (Lipinski definition) is 2. The summed E-state index contributed by atoms with van der Waals surface area (Å²) >= 11 is 0. The molecule has 0 aromatic carbocycles. The third kappa shape index (κ3) is 4.10. The summed E-state index contributed by atoms with van der Waals surface area (Å²) in [5.74, 6) is 0.438. The quantitative estimate of drug-likeness (QED) is 0.692. The Morgan fingerprint density at radius 3 is 2.69 bits per heavy atom. The molecule has 0 aliphatic carbocycles. The first kappa shape index (κ1) is 13.5. The summed E-state index contributed by atoms with van der Waals surface area (Å²) in [7, 11) is 0. The second-order valence-electron chi connectivity index (χ2n) is 5.21. The van der Waals surface area contributed by atoms with Crippen LogP contribution in [0.3, 0.4) is 0 Å². The number of likely N-dealkylation sites (tertiary alicyclic amines) is 1. The van der Waals surface area contributed by atoms with Crippen LogP contribution in [-0.4, -0.2) is 43.0 Å². The Labute approximate surface area is 98.6 Å². The minimum absolute atomic E-state index is 0.0670. The van der Waals surface area contributed by atoms with Gasteiger partial charge in [0.2, 0.25) is 5.91 Å². The summed E-state index contributed by atoms with van der Waals surface area (Å²) in [6, 6.07) is 0.648. The molecule has 4 nitrogen and oxygen atoms in total. The van der Waals surface area contributed by atoms with E-state index in [1.54, 1.807) is 0 Å². The van der Waals surface area contributed by atoms with Crippen LogP contribution in [0, 0.1) is 11.8 Å². The number of nitrogens with zero attached hydrogens (tertiary/aromatic N) is 1. The number of rotatable bonds is 6. The largest absolute Gasteiger partial charge is 0.369 e. The molecular formula is C12H25N3O. The molecule has 1 aliphatic heterocycles. The summed E-state index contributed by atoms with van der Waals surface area (Å²) in [4.78, 5) is 13.3. The SMILES string of the molecule is CC(CNCC1CCN(C(C)C)C1)C(N)=O. The fourth-order valence-corrected chi connectivity index (χ4v) is 2.10. The van der Waals surface area contributed by atoms with Crippen LogP contribution < -0.4 is 11.1 Å². The van der Waals surface area contributed by atoms with Crippen molar-refractivity contribution in [1.82, 2.24) is 10.2 Å². The van der Waals surface area contributed by atoms with E-state index < -0.39 is 0 Å². The number of carbonyl (C=O) groups excluding carboxylic acids is 1. The van der Waals surface area contributed by atoms with Gasteiger partial charge in [-0.1, -0.05) is 6.92 Å². The Morgan fingerprint density at radius 2 is 2.19 bits per heavy atom. The van der Waals surface area contributed by atoms with Crippen molar-refractivity contribution in [2.75, 3.05) is 26.2 Å². The summed E-state index contributed by atoms with van der Waals surface area (Å²) < 4.78 is 0. The molecule has 1 saturated heterocycles. The normalized spacial score (nSPS) is 23.9. The number of primary amides is 1. The number of nitrogens with one attached hydrogen (secondary N) is 1. The summed E-state index contributed by atoms with van der Waals surface area (Å²) in [5.41, 5.74) is 5.20. The van der Waals surface area contributed by atoms with Crippen LogP contribution in [-0.2, 0) is 4.79 Å². The predicted molar refractivity (Wildman–Crippen MR) is 66.0 cm³/mol. The van der Waals surface area contributed by atoms with Gasteiger partial charge in [-0.05, 0) is 39.3 Å². The van der Waals surface area contributed by atoms with Crippen molar-refractivity contribution < 1.29 is 4.79 Å². The molecule has 0 radical (unpaired) electrons. The van der Waals surface area contributed by atoms with E-state index in [4.69, 9.17) is 5.73 Å². The summed E-state index contributed by atoms with van der Waals surface area (Å²) in [5, 5.41) is 3.34. The maximum Gasteiger partial charge on any atom is 0.221 e. The van der Waals surface area contributed by atoms with Gasteiger partial charge in [0.05, 0.1) is 0 Å². The maximum absolute atomic E-state index is 10.8. The zero-order valence-electron chi connectivity index (χ0n) is 10.7.